The van der Waals surface area contributed by atoms with Crippen molar-refractivity contribution in [1.82, 2.24) is 10.2 Å². The third-order valence-electron chi connectivity index (χ3n) is 4.21. The summed E-state index contributed by atoms with van der Waals surface area (Å²) in [6.45, 7) is 6.58. The molecule has 2 atom stereocenters. The van der Waals surface area contributed by atoms with E-state index in [-0.39, 0.29) is 12.0 Å². The molecule has 2 rings (SSSR count). The van der Waals surface area contributed by atoms with Crippen LogP contribution in [0.1, 0.15) is 39.5 Å². The van der Waals surface area contributed by atoms with Crippen molar-refractivity contribution >= 4 is 0 Å². The zero-order chi connectivity index (χ0) is 14.0. The number of alkyl halides is 3. The van der Waals surface area contributed by atoms with Gasteiger partial charge in [-0.25, -0.2) is 0 Å². The first-order valence-corrected chi connectivity index (χ1v) is 7.37. The number of hydrogen-bond donors (Lipinski definition) is 1. The van der Waals surface area contributed by atoms with Crippen LogP contribution in [0.15, 0.2) is 0 Å². The van der Waals surface area contributed by atoms with Gasteiger partial charge in [0.1, 0.15) is 0 Å². The van der Waals surface area contributed by atoms with Gasteiger partial charge in [-0.1, -0.05) is 0 Å². The number of nitrogens with zero attached hydrogens (tertiary/aromatic N) is 1. The summed E-state index contributed by atoms with van der Waals surface area (Å²) < 4.78 is 37.7. The lowest BCUT2D eigenvalue weighted by atomic mass is 9.90. The lowest BCUT2D eigenvalue weighted by Gasteiger charge is -2.40. The molecule has 0 spiro atoms. The molecule has 19 heavy (non-hydrogen) atoms. The van der Waals surface area contributed by atoms with Gasteiger partial charge < -0.3 is 5.32 Å². The van der Waals surface area contributed by atoms with Gasteiger partial charge in [0.25, 0.3) is 0 Å². The van der Waals surface area contributed by atoms with Gasteiger partial charge in [0.2, 0.25) is 0 Å². The molecule has 112 valence electrons. The van der Waals surface area contributed by atoms with Crippen molar-refractivity contribution in [3.8, 4) is 0 Å². The number of halogens is 3. The smallest absolute Gasteiger partial charge is 0.312 e. The molecular formula is C14H25F3N2. The highest BCUT2D eigenvalue weighted by Crippen LogP contribution is 2.32. The van der Waals surface area contributed by atoms with E-state index in [1.807, 2.05) is 0 Å². The van der Waals surface area contributed by atoms with Gasteiger partial charge in [0.15, 0.2) is 0 Å². The lowest BCUT2D eigenvalue weighted by molar-refractivity contribution is -0.149. The van der Waals surface area contributed by atoms with Crippen LogP contribution in [-0.2, 0) is 0 Å². The summed E-state index contributed by atoms with van der Waals surface area (Å²) in [4.78, 5) is 2.18. The van der Waals surface area contributed by atoms with Crippen LogP contribution in [-0.4, -0.2) is 42.8 Å². The Morgan fingerprint density at radius 3 is 2.37 bits per heavy atom. The first kappa shape index (κ1) is 15.1. The molecule has 1 aliphatic carbocycles. The number of rotatable bonds is 5. The lowest BCUT2D eigenvalue weighted by Crippen LogP contribution is -2.52. The summed E-state index contributed by atoms with van der Waals surface area (Å²) >= 11 is 0. The Hall–Kier alpha value is -0.290. The molecular weight excluding hydrogens is 253 g/mol. The molecule has 5 heteroatoms. The predicted octanol–water partition coefficient (Wildman–Crippen LogP) is 3.04. The maximum absolute atomic E-state index is 12.6. The number of piperidine rings is 1. The maximum atomic E-state index is 12.6. The molecule has 1 saturated carbocycles. The van der Waals surface area contributed by atoms with Crippen LogP contribution in [0.2, 0.25) is 0 Å². The Labute approximate surface area is 113 Å². The summed E-state index contributed by atoms with van der Waals surface area (Å²) in [5, 5.41) is 3.48. The van der Waals surface area contributed by atoms with Crippen LogP contribution in [0.5, 0.6) is 0 Å². The molecule has 0 aromatic heterocycles. The van der Waals surface area contributed by atoms with Crippen LogP contribution in [0.25, 0.3) is 0 Å². The number of nitrogens with one attached hydrogen (secondary N) is 1. The number of likely N-dealkylation sites (tertiary alicyclic amines) is 1. The van der Waals surface area contributed by atoms with Crippen LogP contribution < -0.4 is 5.32 Å². The molecule has 0 amide bonds. The quantitative estimate of drug-likeness (QED) is 0.831. The SMILES string of the molecule is CC(C)N1CC(CC(F)(F)F)CC(NCC2CC2)C1. The zero-order valence-electron chi connectivity index (χ0n) is 11.8. The Kier molecular flexibility index (Phi) is 4.77. The zero-order valence-corrected chi connectivity index (χ0v) is 11.8. The minimum absolute atomic E-state index is 0.226. The summed E-state index contributed by atoms with van der Waals surface area (Å²) in [6.07, 6.45) is -1.46. The summed E-state index contributed by atoms with van der Waals surface area (Å²) in [5.41, 5.74) is 0. The molecule has 0 aromatic carbocycles. The van der Waals surface area contributed by atoms with E-state index in [9.17, 15) is 13.2 Å². The fourth-order valence-electron chi connectivity index (χ4n) is 2.94. The highest BCUT2D eigenvalue weighted by atomic mass is 19.4. The van der Waals surface area contributed by atoms with Crippen molar-refractivity contribution in [1.29, 1.82) is 0 Å². The van der Waals surface area contributed by atoms with Gasteiger partial charge in [0, 0.05) is 31.6 Å². The van der Waals surface area contributed by atoms with Crippen LogP contribution in [0.3, 0.4) is 0 Å². The molecule has 1 heterocycles. The average Bonchev–Trinajstić information content (AvgIpc) is 3.07. The van der Waals surface area contributed by atoms with Gasteiger partial charge in [-0.15, -0.1) is 0 Å². The highest BCUT2D eigenvalue weighted by molar-refractivity contribution is 4.87. The monoisotopic (exact) mass is 278 g/mol. The van der Waals surface area contributed by atoms with Gasteiger partial charge in [0.05, 0.1) is 0 Å². The van der Waals surface area contributed by atoms with Gasteiger partial charge >= 0.3 is 6.18 Å². The first-order valence-electron chi connectivity index (χ1n) is 7.37. The van der Waals surface area contributed by atoms with Crippen molar-refractivity contribution in [3.63, 3.8) is 0 Å². The van der Waals surface area contributed by atoms with E-state index in [0.29, 0.717) is 19.0 Å². The fourth-order valence-corrected chi connectivity index (χ4v) is 2.94. The Bertz CT molecular complexity index is 287. The Morgan fingerprint density at radius 2 is 1.84 bits per heavy atom. The van der Waals surface area contributed by atoms with E-state index in [1.165, 1.54) is 12.8 Å². The minimum Gasteiger partial charge on any atom is -0.312 e. The fraction of sp³-hybridized carbons (Fsp3) is 1.00. The van der Waals surface area contributed by atoms with E-state index in [0.717, 1.165) is 19.0 Å². The van der Waals surface area contributed by atoms with Crippen molar-refractivity contribution < 1.29 is 13.2 Å². The molecule has 1 aliphatic heterocycles. The van der Waals surface area contributed by atoms with E-state index in [1.54, 1.807) is 0 Å². The molecule has 0 aromatic rings. The topological polar surface area (TPSA) is 15.3 Å². The van der Waals surface area contributed by atoms with E-state index < -0.39 is 12.6 Å². The second-order valence-electron chi connectivity index (χ2n) is 6.52. The first-order chi connectivity index (χ1) is 8.83. The van der Waals surface area contributed by atoms with Crippen LogP contribution in [0.4, 0.5) is 13.2 Å². The molecule has 2 nitrogen and oxygen atoms in total. The van der Waals surface area contributed by atoms with Crippen molar-refractivity contribution in [2.45, 2.75) is 57.8 Å². The molecule has 0 radical (unpaired) electrons. The predicted molar refractivity (Wildman–Crippen MR) is 70.0 cm³/mol. The molecule has 2 fully saturated rings. The van der Waals surface area contributed by atoms with Gasteiger partial charge in [-0.2, -0.15) is 13.2 Å². The third-order valence-corrected chi connectivity index (χ3v) is 4.21. The standard InChI is InChI=1S/C14H25F3N2/c1-10(2)19-8-12(6-14(15,16)17)5-13(9-19)18-7-11-3-4-11/h10-13,18H,3-9H2,1-2H3. The highest BCUT2D eigenvalue weighted by Gasteiger charge is 2.37. The van der Waals surface area contributed by atoms with Crippen molar-refractivity contribution in [2.75, 3.05) is 19.6 Å². The summed E-state index contributed by atoms with van der Waals surface area (Å²) in [5.74, 6) is 0.517. The Morgan fingerprint density at radius 1 is 1.16 bits per heavy atom. The van der Waals surface area contributed by atoms with E-state index in [2.05, 4.69) is 24.1 Å². The second-order valence-corrected chi connectivity index (χ2v) is 6.52. The summed E-state index contributed by atoms with van der Waals surface area (Å²) in [6, 6.07) is 0.547. The normalized spacial score (nSPS) is 30.0. The van der Waals surface area contributed by atoms with Crippen molar-refractivity contribution in [3.05, 3.63) is 0 Å². The number of hydrogen-bond acceptors (Lipinski definition) is 2. The minimum atomic E-state index is -4.04. The molecule has 2 aliphatic rings. The van der Waals surface area contributed by atoms with Crippen LogP contribution in [0, 0.1) is 11.8 Å². The molecule has 0 bridgehead atoms. The average molecular weight is 278 g/mol. The molecule has 1 saturated heterocycles. The van der Waals surface area contributed by atoms with E-state index >= 15 is 0 Å². The van der Waals surface area contributed by atoms with Gasteiger partial charge in [-0.3, -0.25) is 4.90 Å². The van der Waals surface area contributed by atoms with E-state index in [4.69, 9.17) is 0 Å². The molecule has 2 unspecified atom stereocenters. The summed E-state index contributed by atoms with van der Waals surface area (Å²) in [7, 11) is 0. The maximum Gasteiger partial charge on any atom is 0.389 e. The Balaban J connectivity index is 1.87. The van der Waals surface area contributed by atoms with Crippen molar-refractivity contribution in [2.24, 2.45) is 11.8 Å². The van der Waals surface area contributed by atoms with Gasteiger partial charge in [-0.05, 0) is 51.5 Å². The van der Waals surface area contributed by atoms with Crippen LogP contribution >= 0.6 is 0 Å². The molecule has 1 N–H and O–H groups in total. The second kappa shape index (κ2) is 6.00. The largest absolute Gasteiger partial charge is 0.389 e. The third kappa shape index (κ3) is 5.30.